The molecule has 2 rings (SSSR count). The van der Waals surface area contributed by atoms with Crippen molar-refractivity contribution in [2.75, 3.05) is 0 Å². The largest absolute Gasteiger partial charge is 0.472 e. The zero-order valence-corrected chi connectivity index (χ0v) is 12.7. The maximum atomic E-state index is 11.0. The van der Waals surface area contributed by atoms with E-state index in [0.29, 0.717) is 10.6 Å². The van der Waals surface area contributed by atoms with Crippen LogP contribution in [0.25, 0.3) is 6.08 Å². The molecule has 0 bridgehead atoms. The fourth-order valence-electron chi connectivity index (χ4n) is 1.61. The van der Waals surface area contributed by atoms with Crippen molar-refractivity contribution in [1.29, 1.82) is 0 Å². The van der Waals surface area contributed by atoms with Gasteiger partial charge in [0.05, 0.1) is 9.95 Å². The lowest BCUT2D eigenvalue weighted by Crippen LogP contribution is -2.38. The van der Waals surface area contributed by atoms with Gasteiger partial charge < -0.3 is 4.74 Å². The van der Waals surface area contributed by atoms with Gasteiger partial charge in [-0.1, -0.05) is 58.0 Å². The van der Waals surface area contributed by atoms with E-state index in [1.54, 1.807) is 0 Å². The lowest BCUT2D eigenvalue weighted by atomic mass is 10.1. The summed E-state index contributed by atoms with van der Waals surface area (Å²) in [5.74, 6) is 0.188. The molecule has 0 saturated heterocycles. The molecule has 9 heteroatoms. The molecule has 1 atom stereocenters. The summed E-state index contributed by atoms with van der Waals surface area (Å²) >= 11 is 28.8. The molecule has 0 radical (unpaired) electrons. The fourth-order valence-corrected chi connectivity index (χ4v) is 2.63. The van der Waals surface area contributed by atoms with E-state index in [2.05, 4.69) is 0 Å². The van der Waals surface area contributed by atoms with Crippen molar-refractivity contribution in [3.63, 3.8) is 0 Å². The van der Waals surface area contributed by atoms with Crippen LogP contribution in [0.1, 0.15) is 5.56 Å². The number of hydrogen-bond donors (Lipinski definition) is 0. The Balaban J connectivity index is 2.61. The second kappa shape index (κ2) is 5.19. The van der Waals surface area contributed by atoms with Crippen molar-refractivity contribution in [1.82, 2.24) is 0 Å². The van der Waals surface area contributed by atoms with Gasteiger partial charge >= 0.3 is 0 Å². The first-order valence-electron chi connectivity index (χ1n) is 4.78. The zero-order valence-electron chi connectivity index (χ0n) is 8.87. The number of fused-ring (bicyclic) bond motifs is 1. The number of benzene rings is 1. The SMILES string of the molecule is O=[N+]([O-])C1=Cc2cc(Cl)cc(Cl)c2OC1C(Cl)(Cl)Cl. The van der Waals surface area contributed by atoms with Gasteiger partial charge in [-0.15, -0.1) is 0 Å². The number of hydrogen-bond acceptors (Lipinski definition) is 3. The quantitative estimate of drug-likeness (QED) is 0.411. The predicted octanol–water partition coefficient (Wildman–Crippen LogP) is 4.74. The van der Waals surface area contributed by atoms with Gasteiger partial charge in [0, 0.05) is 16.7 Å². The molecule has 0 N–H and O–H groups in total. The summed E-state index contributed by atoms with van der Waals surface area (Å²) in [6.07, 6.45) is -0.137. The van der Waals surface area contributed by atoms with E-state index in [1.807, 2.05) is 0 Å². The molecule has 0 fully saturated rings. The molecule has 0 aromatic heterocycles. The fraction of sp³-hybridized carbons (Fsp3) is 0.200. The van der Waals surface area contributed by atoms with E-state index in [9.17, 15) is 10.1 Å². The van der Waals surface area contributed by atoms with Crippen molar-refractivity contribution in [3.8, 4) is 5.75 Å². The van der Waals surface area contributed by atoms with Crippen LogP contribution in [0.5, 0.6) is 5.75 Å². The van der Waals surface area contributed by atoms with E-state index < -0.39 is 14.8 Å². The van der Waals surface area contributed by atoms with Crippen LogP contribution in [0.15, 0.2) is 17.8 Å². The monoisotopic (exact) mass is 361 g/mol. The summed E-state index contributed by atoms with van der Waals surface area (Å²) in [6, 6.07) is 2.91. The standard InChI is InChI=1S/C10H4Cl5NO3/c11-5-1-4-2-7(16(17)18)9(10(13,14)15)19-8(4)6(12)3-5/h1-3,9H. The van der Waals surface area contributed by atoms with Crippen LogP contribution in [-0.2, 0) is 0 Å². The molecule has 0 spiro atoms. The summed E-state index contributed by atoms with van der Waals surface area (Å²) in [7, 11) is 0. The third-order valence-corrected chi connectivity index (χ3v) is 3.45. The number of nitrogens with zero attached hydrogens (tertiary/aromatic N) is 1. The molecule has 1 aromatic carbocycles. The minimum Gasteiger partial charge on any atom is -0.472 e. The third-order valence-electron chi connectivity index (χ3n) is 2.35. The second-order valence-electron chi connectivity index (χ2n) is 3.67. The smallest absolute Gasteiger partial charge is 0.291 e. The molecule has 102 valence electrons. The van der Waals surface area contributed by atoms with E-state index in [4.69, 9.17) is 62.7 Å². The van der Waals surface area contributed by atoms with Gasteiger partial charge in [-0.2, -0.15) is 0 Å². The maximum Gasteiger partial charge on any atom is 0.291 e. The Morgan fingerprint density at radius 3 is 2.42 bits per heavy atom. The van der Waals surface area contributed by atoms with Gasteiger partial charge in [-0.3, -0.25) is 10.1 Å². The lowest BCUT2D eigenvalue weighted by Gasteiger charge is -2.27. The minimum absolute atomic E-state index is 0.181. The van der Waals surface area contributed by atoms with Crippen LogP contribution >= 0.6 is 58.0 Å². The molecule has 1 unspecified atom stereocenters. The Kier molecular flexibility index (Phi) is 4.10. The first-order valence-corrected chi connectivity index (χ1v) is 6.67. The summed E-state index contributed by atoms with van der Waals surface area (Å²) < 4.78 is 3.36. The van der Waals surface area contributed by atoms with Crippen LogP contribution in [0.3, 0.4) is 0 Å². The molecule has 0 saturated carbocycles. The van der Waals surface area contributed by atoms with Crippen LogP contribution in [0.2, 0.25) is 10.0 Å². The van der Waals surface area contributed by atoms with Gasteiger partial charge in [0.15, 0.2) is 0 Å². The van der Waals surface area contributed by atoms with E-state index in [0.717, 1.165) is 0 Å². The predicted molar refractivity (Wildman–Crippen MR) is 76.1 cm³/mol. The summed E-state index contributed by atoms with van der Waals surface area (Å²) in [5.41, 5.74) is -0.0273. The lowest BCUT2D eigenvalue weighted by molar-refractivity contribution is -0.433. The molecular formula is C10H4Cl5NO3. The van der Waals surface area contributed by atoms with Gasteiger partial charge in [0.25, 0.3) is 5.70 Å². The van der Waals surface area contributed by atoms with Crippen molar-refractivity contribution >= 4 is 64.1 Å². The first-order chi connectivity index (χ1) is 8.70. The minimum atomic E-state index is -2.00. The summed E-state index contributed by atoms with van der Waals surface area (Å²) in [4.78, 5) is 10.3. The van der Waals surface area contributed by atoms with Crippen LogP contribution in [0, 0.1) is 10.1 Å². The topological polar surface area (TPSA) is 52.4 Å². The average Bonchev–Trinajstić information content (AvgIpc) is 2.25. The van der Waals surface area contributed by atoms with Crippen molar-refractivity contribution in [3.05, 3.63) is 43.6 Å². The molecule has 1 heterocycles. The van der Waals surface area contributed by atoms with Gasteiger partial charge in [0.2, 0.25) is 9.90 Å². The first kappa shape index (κ1) is 15.0. The number of halogens is 5. The highest BCUT2D eigenvalue weighted by atomic mass is 35.6. The number of ether oxygens (including phenoxy) is 1. The number of nitro groups is 1. The molecule has 1 aliphatic heterocycles. The number of rotatable bonds is 1. The highest BCUT2D eigenvalue weighted by Crippen LogP contribution is 2.44. The van der Waals surface area contributed by atoms with Crippen LogP contribution < -0.4 is 4.74 Å². The Morgan fingerprint density at radius 1 is 1.26 bits per heavy atom. The molecule has 1 aliphatic rings. The summed E-state index contributed by atoms with van der Waals surface area (Å²) in [6.45, 7) is 0. The van der Waals surface area contributed by atoms with Gasteiger partial charge in [0.1, 0.15) is 5.75 Å². The maximum absolute atomic E-state index is 11.0. The molecule has 0 amide bonds. The van der Waals surface area contributed by atoms with Crippen LogP contribution in [-0.4, -0.2) is 14.8 Å². The summed E-state index contributed by atoms with van der Waals surface area (Å²) in [5, 5.41) is 11.5. The molecule has 1 aromatic rings. The zero-order chi connectivity index (χ0) is 14.4. The molecule has 19 heavy (non-hydrogen) atoms. The van der Waals surface area contributed by atoms with Crippen molar-refractivity contribution in [2.45, 2.75) is 9.90 Å². The molecule has 0 aliphatic carbocycles. The van der Waals surface area contributed by atoms with E-state index in [1.165, 1.54) is 18.2 Å². The highest BCUT2D eigenvalue weighted by Gasteiger charge is 2.46. The van der Waals surface area contributed by atoms with Crippen LogP contribution in [0.4, 0.5) is 0 Å². The normalized spacial score (nSPS) is 18.4. The molecule has 4 nitrogen and oxygen atoms in total. The number of alkyl halides is 3. The third kappa shape index (κ3) is 3.03. The Morgan fingerprint density at radius 2 is 1.89 bits per heavy atom. The Hall–Kier alpha value is -0.390. The highest BCUT2D eigenvalue weighted by molar-refractivity contribution is 6.68. The van der Waals surface area contributed by atoms with Gasteiger partial charge in [-0.05, 0) is 12.1 Å². The second-order valence-corrected chi connectivity index (χ2v) is 6.88. The van der Waals surface area contributed by atoms with E-state index >= 15 is 0 Å². The average molecular weight is 363 g/mol. The van der Waals surface area contributed by atoms with Gasteiger partial charge in [-0.25, -0.2) is 0 Å². The molecular weight excluding hydrogens is 359 g/mol. The Bertz CT molecular complexity index is 581. The van der Waals surface area contributed by atoms with E-state index in [-0.39, 0.29) is 16.5 Å². The Labute approximate surface area is 132 Å². The van der Waals surface area contributed by atoms with Crippen molar-refractivity contribution < 1.29 is 9.66 Å². The van der Waals surface area contributed by atoms with Crippen molar-refractivity contribution in [2.24, 2.45) is 0 Å².